The normalized spacial score (nSPS) is 15.6. The molecule has 0 unspecified atom stereocenters. The van der Waals surface area contributed by atoms with E-state index in [1.807, 2.05) is 54.6 Å². The topological polar surface area (TPSA) is 95.7 Å². The van der Waals surface area contributed by atoms with Crippen molar-refractivity contribution in [3.63, 3.8) is 0 Å². The van der Waals surface area contributed by atoms with Crippen molar-refractivity contribution in [3.05, 3.63) is 89.5 Å². The zero-order chi connectivity index (χ0) is 21.8. The van der Waals surface area contributed by atoms with E-state index in [2.05, 4.69) is 10.5 Å². The Balaban J connectivity index is 1.40. The highest BCUT2D eigenvalue weighted by Crippen LogP contribution is 2.21. The lowest BCUT2D eigenvalue weighted by atomic mass is 10.0. The van der Waals surface area contributed by atoms with E-state index in [1.165, 1.54) is 11.0 Å². The molecule has 1 aliphatic heterocycles. The van der Waals surface area contributed by atoms with Crippen LogP contribution in [0.2, 0.25) is 0 Å². The van der Waals surface area contributed by atoms with Crippen molar-refractivity contribution in [1.29, 1.82) is 0 Å². The summed E-state index contributed by atoms with van der Waals surface area (Å²) < 4.78 is 5.09. The summed E-state index contributed by atoms with van der Waals surface area (Å²) in [5.74, 6) is -0.252. The minimum Gasteiger partial charge on any atom is -0.511 e. The number of nitrogens with one attached hydrogen (secondary N) is 1. The summed E-state index contributed by atoms with van der Waals surface area (Å²) >= 11 is 0. The molecule has 7 heteroatoms. The summed E-state index contributed by atoms with van der Waals surface area (Å²) in [6, 6.07) is 18.7. The molecule has 1 aliphatic rings. The number of rotatable bonds is 6. The van der Waals surface area contributed by atoms with E-state index < -0.39 is 6.04 Å². The number of amides is 2. The summed E-state index contributed by atoms with van der Waals surface area (Å²) in [5, 5.41) is 16.6. The maximum atomic E-state index is 12.8. The Hall–Kier alpha value is -3.87. The van der Waals surface area contributed by atoms with Gasteiger partial charge in [-0.05, 0) is 35.8 Å². The molecule has 0 radical (unpaired) electrons. The van der Waals surface area contributed by atoms with E-state index in [1.54, 1.807) is 13.0 Å². The molecule has 31 heavy (non-hydrogen) atoms. The van der Waals surface area contributed by atoms with E-state index >= 15 is 0 Å². The van der Waals surface area contributed by atoms with Crippen LogP contribution in [0.5, 0.6) is 0 Å². The van der Waals surface area contributed by atoms with Gasteiger partial charge in [-0.1, -0.05) is 53.7 Å². The lowest BCUT2D eigenvalue weighted by molar-refractivity contribution is -0.137. The fraction of sp³-hybridized carbons (Fsp3) is 0.208. The number of hydrogen-bond donors (Lipinski definition) is 2. The molecule has 0 aliphatic carbocycles. The molecule has 158 valence electrons. The average molecular weight is 417 g/mol. The first-order valence-electron chi connectivity index (χ1n) is 10.0. The van der Waals surface area contributed by atoms with Crippen molar-refractivity contribution in [2.24, 2.45) is 0 Å². The largest absolute Gasteiger partial charge is 0.511 e. The molecular formula is C24H23N3O4. The third-order valence-corrected chi connectivity index (χ3v) is 5.11. The molecule has 2 amide bonds. The Morgan fingerprint density at radius 3 is 2.65 bits per heavy atom. The first kappa shape index (κ1) is 20.4. The van der Waals surface area contributed by atoms with E-state index in [4.69, 9.17) is 4.52 Å². The molecule has 0 saturated carbocycles. The smallest absolute Gasteiger partial charge is 0.247 e. The molecule has 0 spiro atoms. The van der Waals surface area contributed by atoms with Crippen molar-refractivity contribution in [1.82, 2.24) is 15.4 Å². The second-order valence-electron chi connectivity index (χ2n) is 7.52. The summed E-state index contributed by atoms with van der Waals surface area (Å²) in [6.45, 7) is 2.07. The minimum atomic E-state index is -0.867. The lowest BCUT2D eigenvalue weighted by Crippen LogP contribution is -2.46. The Labute approximate surface area is 180 Å². The Morgan fingerprint density at radius 2 is 1.90 bits per heavy atom. The second-order valence-corrected chi connectivity index (χ2v) is 7.52. The Morgan fingerprint density at radius 1 is 1.13 bits per heavy atom. The predicted molar refractivity (Wildman–Crippen MR) is 115 cm³/mol. The van der Waals surface area contributed by atoms with Crippen LogP contribution >= 0.6 is 0 Å². The molecule has 2 N–H and O–H groups in total. The van der Waals surface area contributed by atoms with Gasteiger partial charge in [-0.2, -0.15) is 0 Å². The number of hydrogen-bond acceptors (Lipinski definition) is 5. The Kier molecular flexibility index (Phi) is 5.84. The number of aryl methyl sites for hydroxylation is 1. The second kappa shape index (κ2) is 8.87. The third-order valence-electron chi connectivity index (χ3n) is 5.11. The van der Waals surface area contributed by atoms with Gasteiger partial charge in [0.1, 0.15) is 17.6 Å². The van der Waals surface area contributed by atoms with Crippen LogP contribution in [0.15, 0.2) is 77.0 Å². The number of aliphatic hydroxyl groups excluding tert-OH is 1. The molecule has 2 heterocycles. The molecule has 2 aromatic carbocycles. The van der Waals surface area contributed by atoms with Crippen LogP contribution in [0.3, 0.4) is 0 Å². The van der Waals surface area contributed by atoms with Gasteiger partial charge < -0.3 is 19.8 Å². The average Bonchev–Trinajstić information content (AvgIpc) is 3.38. The van der Waals surface area contributed by atoms with E-state index in [0.29, 0.717) is 18.0 Å². The van der Waals surface area contributed by atoms with Gasteiger partial charge in [-0.25, -0.2) is 0 Å². The number of aromatic nitrogens is 1. The van der Waals surface area contributed by atoms with Gasteiger partial charge in [-0.15, -0.1) is 0 Å². The maximum absolute atomic E-state index is 12.8. The SMILES string of the molecule is Cc1cc(CC(=O)N2CC(O)=C[C@H]2C(=O)NCc2cccc(-c3ccccc3)c2)on1. The summed E-state index contributed by atoms with van der Waals surface area (Å²) in [6.07, 6.45) is 1.38. The molecule has 0 bridgehead atoms. The van der Waals surface area contributed by atoms with Gasteiger partial charge >= 0.3 is 0 Å². The summed E-state index contributed by atoms with van der Waals surface area (Å²) in [4.78, 5) is 26.8. The van der Waals surface area contributed by atoms with Crippen LogP contribution in [0.4, 0.5) is 0 Å². The molecule has 3 aromatic rings. The third kappa shape index (κ3) is 4.83. The van der Waals surface area contributed by atoms with Crippen LogP contribution < -0.4 is 5.32 Å². The van der Waals surface area contributed by atoms with Gasteiger partial charge in [-0.3, -0.25) is 9.59 Å². The van der Waals surface area contributed by atoms with Crippen LogP contribution in [0, 0.1) is 6.92 Å². The highest BCUT2D eigenvalue weighted by Gasteiger charge is 2.34. The molecule has 0 saturated heterocycles. The highest BCUT2D eigenvalue weighted by molar-refractivity contribution is 5.91. The van der Waals surface area contributed by atoms with Crippen molar-refractivity contribution in [2.45, 2.75) is 25.9 Å². The quantitative estimate of drug-likeness (QED) is 0.642. The highest BCUT2D eigenvalue weighted by atomic mass is 16.5. The first-order valence-corrected chi connectivity index (χ1v) is 10.0. The zero-order valence-electron chi connectivity index (χ0n) is 17.1. The van der Waals surface area contributed by atoms with Crippen molar-refractivity contribution in [2.75, 3.05) is 6.54 Å². The van der Waals surface area contributed by atoms with Gasteiger partial charge in [0.2, 0.25) is 11.8 Å². The van der Waals surface area contributed by atoms with Crippen LogP contribution in [0.1, 0.15) is 17.0 Å². The van der Waals surface area contributed by atoms with Gasteiger partial charge in [0, 0.05) is 12.6 Å². The molecule has 7 nitrogen and oxygen atoms in total. The zero-order valence-corrected chi connectivity index (χ0v) is 17.1. The maximum Gasteiger partial charge on any atom is 0.247 e. The van der Waals surface area contributed by atoms with E-state index in [9.17, 15) is 14.7 Å². The van der Waals surface area contributed by atoms with E-state index in [0.717, 1.165) is 16.7 Å². The standard InChI is InChI=1S/C24H23N3O4/c1-16-10-21(31-26-16)13-23(29)27-15-20(28)12-22(27)24(30)25-14-17-6-5-9-19(11-17)18-7-3-2-4-8-18/h2-12,22,28H,13-15H2,1H3,(H,25,30)/t22-/m0/s1. The number of nitrogens with zero attached hydrogens (tertiary/aromatic N) is 2. The summed E-state index contributed by atoms with van der Waals surface area (Å²) in [5.41, 5.74) is 3.77. The molecular weight excluding hydrogens is 394 g/mol. The molecule has 0 fully saturated rings. The van der Waals surface area contributed by atoms with Crippen molar-refractivity contribution >= 4 is 11.8 Å². The number of aliphatic hydroxyl groups is 1. The van der Waals surface area contributed by atoms with E-state index in [-0.39, 0.29) is 30.5 Å². The lowest BCUT2D eigenvalue weighted by Gasteiger charge is -2.23. The molecule has 1 aromatic heterocycles. The number of benzene rings is 2. The predicted octanol–water partition coefficient (Wildman–Crippen LogP) is 3.16. The van der Waals surface area contributed by atoms with Gasteiger partial charge in [0.15, 0.2) is 0 Å². The van der Waals surface area contributed by atoms with Gasteiger partial charge in [0.25, 0.3) is 0 Å². The molecule has 4 rings (SSSR count). The van der Waals surface area contributed by atoms with Crippen LogP contribution in [-0.2, 0) is 22.6 Å². The fourth-order valence-corrected chi connectivity index (χ4v) is 3.59. The van der Waals surface area contributed by atoms with Crippen molar-refractivity contribution in [3.8, 4) is 11.1 Å². The fourth-order valence-electron chi connectivity index (χ4n) is 3.59. The number of carbonyl (C=O) groups is 2. The van der Waals surface area contributed by atoms with Crippen LogP contribution in [-0.4, -0.2) is 39.6 Å². The molecule has 1 atom stereocenters. The first-order chi connectivity index (χ1) is 15.0. The van der Waals surface area contributed by atoms with Gasteiger partial charge in [0.05, 0.1) is 18.7 Å². The van der Waals surface area contributed by atoms with Crippen LogP contribution in [0.25, 0.3) is 11.1 Å². The Bertz CT molecular complexity index is 1120. The monoisotopic (exact) mass is 417 g/mol. The minimum absolute atomic E-state index is 0.00618. The van der Waals surface area contributed by atoms with Crippen molar-refractivity contribution < 1.29 is 19.2 Å². The summed E-state index contributed by atoms with van der Waals surface area (Å²) in [7, 11) is 0. The number of carbonyl (C=O) groups excluding carboxylic acids is 2.